The van der Waals surface area contributed by atoms with Gasteiger partial charge < -0.3 is 10.6 Å². The van der Waals surface area contributed by atoms with Crippen LogP contribution in [0.15, 0.2) is 0 Å². The topological polar surface area (TPSA) is 32.5 Å². The number of rotatable bonds is 3. The fraction of sp³-hybridized carbons (Fsp3) is 1.00. The Morgan fingerprint density at radius 3 is 2.38 bits per heavy atom. The molecule has 0 amide bonds. The summed E-state index contributed by atoms with van der Waals surface area (Å²) < 4.78 is 0. The second kappa shape index (κ2) is 5.48. The van der Waals surface area contributed by atoms with Crippen molar-refractivity contribution < 1.29 is 0 Å². The lowest BCUT2D eigenvalue weighted by molar-refractivity contribution is 0.0918. The smallest absolute Gasteiger partial charge is 0.0136 e. The van der Waals surface area contributed by atoms with Crippen molar-refractivity contribution in [3.63, 3.8) is 0 Å². The van der Waals surface area contributed by atoms with E-state index in [0.29, 0.717) is 0 Å². The van der Waals surface area contributed by atoms with Crippen LogP contribution in [0.1, 0.15) is 32.1 Å². The Labute approximate surface area is 100.0 Å². The standard InChI is InChI=1S/C13H27N3/c1-15(2)12-6-8-16(9-7-12)13-5-3-4-11(13)10-14/h11-13H,3-10,14H2,1-2H3. The minimum Gasteiger partial charge on any atom is -0.330 e. The molecule has 2 unspecified atom stereocenters. The maximum absolute atomic E-state index is 5.87. The summed E-state index contributed by atoms with van der Waals surface area (Å²) >= 11 is 0. The lowest BCUT2D eigenvalue weighted by Crippen LogP contribution is -2.48. The molecular weight excluding hydrogens is 198 g/mol. The zero-order valence-corrected chi connectivity index (χ0v) is 10.9. The first-order chi connectivity index (χ1) is 7.72. The molecule has 3 heteroatoms. The molecule has 3 nitrogen and oxygen atoms in total. The van der Waals surface area contributed by atoms with Gasteiger partial charge in [-0.1, -0.05) is 6.42 Å². The first-order valence-electron chi connectivity index (χ1n) is 6.83. The molecular formula is C13H27N3. The summed E-state index contributed by atoms with van der Waals surface area (Å²) in [4.78, 5) is 5.09. The zero-order chi connectivity index (χ0) is 11.5. The molecule has 0 aromatic rings. The van der Waals surface area contributed by atoms with Gasteiger partial charge in [-0.3, -0.25) is 4.90 Å². The fourth-order valence-corrected chi connectivity index (χ4v) is 3.51. The van der Waals surface area contributed by atoms with Gasteiger partial charge in [0.2, 0.25) is 0 Å². The molecule has 2 aliphatic rings. The van der Waals surface area contributed by atoms with Gasteiger partial charge in [0.1, 0.15) is 0 Å². The third kappa shape index (κ3) is 2.58. The van der Waals surface area contributed by atoms with Crippen LogP contribution in [0, 0.1) is 5.92 Å². The second-order valence-corrected chi connectivity index (χ2v) is 5.72. The van der Waals surface area contributed by atoms with Gasteiger partial charge in [0.25, 0.3) is 0 Å². The quantitative estimate of drug-likeness (QED) is 0.782. The molecule has 1 heterocycles. The highest BCUT2D eigenvalue weighted by Gasteiger charge is 2.33. The third-order valence-corrected chi connectivity index (χ3v) is 4.62. The summed E-state index contributed by atoms with van der Waals surface area (Å²) in [5.41, 5.74) is 5.87. The number of hydrogen-bond donors (Lipinski definition) is 1. The Morgan fingerprint density at radius 1 is 1.12 bits per heavy atom. The van der Waals surface area contributed by atoms with E-state index in [1.54, 1.807) is 0 Å². The number of piperidine rings is 1. The summed E-state index contributed by atoms with van der Waals surface area (Å²) in [5, 5.41) is 0. The first kappa shape index (κ1) is 12.3. The SMILES string of the molecule is CN(C)C1CCN(C2CCCC2CN)CC1. The normalized spacial score (nSPS) is 33.8. The molecule has 94 valence electrons. The molecule has 2 N–H and O–H groups in total. The summed E-state index contributed by atoms with van der Waals surface area (Å²) in [5.74, 6) is 0.774. The van der Waals surface area contributed by atoms with Crippen LogP contribution in [-0.4, -0.2) is 55.6 Å². The number of nitrogens with zero attached hydrogens (tertiary/aromatic N) is 2. The fourth-order valence-electron chi connectivity index (χ4n) is 3.51. The van der Waals surface area contributed by atoms with Gasteiger partial charge in [-0.25, -0.2) is 0 Å². The highest BCUT2D eigenvalue weighted by Crippen LogP contribution is 2.31. The Hall–Kier alpha value is -0.120. The Morgan fingerprint density at radius 2 is 1.81 bits per heavy atom. The van der Waals surface area contributed by atoms with E-state index < -0.39 is 0 Å². The van der Waals surface area contributed by atoms with Crippen molar-refractivity contribution in [3.05, 3.63) is 0 Å². The van der Waals surface area contributed by atoms with E-state index in [1.807, 2.05) is 0 Å². The molecule has 0 aromatic carbocycles. The monoisotopic (exact) mass is 225 g/mol. The van der Waals surface area contributed by atoms with E-state index in [0.717, 1.165) is 24.5 Å². The first-order valence-corrected chi connectivity index (χ1v) is 6.83. The molecule has 1 saturated carbocycles. The molecule has 1 aliphatic carbocycles. The molecule has 0 bridgehead atoms. The molecule has 16 heavy (non-hydrogen) atoms. The van der Waals surface area contributed by atoms with Crippen LogP contribution >= 0.6 is 0 Å². The molecule has 1 saturated heterocycles. The molecule has 0 radical (unpaired) electrons. The van der Waals surface area contributed by atoms with Crippen LogP contribution in [0.5, 0.6) is 0 Å². The lowest BCUT2D eigenvalue weighted by Gasteiger charge is -2.40. The van der Waals surface area contributed by atoms with Crippen LogP contribution in [0.2, 0.25) is 0 Å². The van der Waals surface area contributed by atoms with E-state index >= 15 is 0 Å². The van der Waals surface area contributed by atoms with Gasteiger partial charge >= 0.3 is 0 Å². The van der Waals surface area contributed by atoms with E-state index in [1.165, 1.54) is 45.2 Å². The summed E-state index contributed by atoms with van der Waals surface area (Å²) in [6, 6.07) is 1.60. The Balaban J connectivity index is 1.84. The third-order valence-electron chi connectivity index (χ3n) is 4.62. The van der Waals surface area contributed by atoms with Crippen molar-refractivity contribution in [2.24, 2.45) is 11.7 Å². The average Bonchev–Trinajstić information content (AvgIpc) is 2.77. The number of hydrogen-bond acceptors (Lipinski definition) is 3. The van der Waals surface area contributed by atoms with E-state index in [-0.39, 0.29) is 0 Å². The molecule has 2 atom stereocenters. The number of nitrogens with two attached hydrogens (primary N) is 1. The summed E-state index contributed by atoms with van der Waals surface area (Å²) in [6.45, 7) is 3.45. The Kier molecular flexibility index (Phi) is 4.22. The van der Waals surface area contributed by atoms with Crippen LogP contribution in [0.4, 0.5) is 0 Å². The van der Waals surface area contributed by atoms with E-state index in [9.17, 15) is 0 Å². The lowest BCUT2D eigenvalue weighted by atomic mass is 9.97. The summed E-state index contributed by atoms with van der Waals surface area (Å²) in [6.07, 6.45) is 6.80. The molecule has 1 aliphatic heterocycles. The molecule has 0 spiro atoms. The van der Waals surface area contributed by atoms with Crippen molar-refractivity contribution >= 4 is 0 Å². The van der Waals surface area contributed by atoms with Gasteiger partial charge in [-0.05, 0) is 65.3 Å². The van der Waals surface area contributed by atoms with Gasteiger partial charge in [-0.2, -0.15) is 0 Å². The maximum Gasteiger partial charge on any atom is 0.0136 e. The van der Waals surface area contributed by atoms with Crippen LogP contribution in [0.25, 0.3) is 0 Å². The van der Waals surface area contributed by atoms with Gasteiger partial charge in [0.15, 0.2) is 0 Å². The highest BCUT2D eigenvalue weighted by molar-refractivity contribution is 4.89. The van der Waals surface area contributed by atoms with Crippen LogP contribution in [-0.2, 0) is 0 Å². The number of likely N-dealkylation sites (tertiary alicyclic amines) is 1. The second-order valence-electron chi connectivity index (χ2n) is 5.72. The average molecular weight is 225 g/mol. The molecule has 0 aromatic heterocycles. The Bertz CT molecular complexity index is 209. The minimum atomic E-state index is 0.774. The largest absolute Gasteiger partial charge is 0.330 e. The van der Waals surface area contributed by atoms with Gasteiger partial charge in [0.05, 0.1) is 0 Å². The molecule has 2 rings (SSSR count). The van der Waals surface area contributed by atoms with Crippen molar-refractivity contribution in [1.29, 1.82) is 0 Å². The van der Waals surface area contributed by atoms with Crippen molar-refractivity contribution in [2.45, 2.75) is 44.2 Å². The van der Waals surface area contributed by atoms with Crippen molar-refractivity contribution in [2.75, 3.05) is 33.7 Å². The highest BCUT2D eigenvalue weighted by atomic mass is 15.2. The van der Waals surface area contributed by atoms with Crippen molar-refractivity contribution in [3.8, 4) is 0 Å². The predicted octanol–water partition coefficient (Wildman–Crippen LogP) is 1.14. The molecule has 2 fully saturated rings. The van der Waals surface area contributed by atoms with Crippen LogP contribution < -0.4 is 5.73 Å². The van der Waals surface area contributed by atoms with Crippen LogP contribution in [0.3, 0.4) is 0 Å². The summed E-state index contributed by atoms with van der Waals surface area (Å²) in [7, 11) is 4.41. The van der Waals surface area contributed by atoms with Crippen molar-refractivity contribution in [1.82, 2.24) is 9.80 Å². The minimum absolute atomic E-state index is 0.774. The van der Waals surface area contributed by atoms with E-state index in [2.05, 4.69) is 23.9 Å². The predicted molar refractivity (Wildman–Crippen MR) is 68.5 cm³/mol. The zero-order valence-electron chi connectivity index (χ0n) is 10.9. The van der Waals surface area contributed by atoms with Gasteiger partial charge in [0, 0.05) is 12.1 Å². The van der Waals surface area contributed by atoms with Gasteiger partial charge in [-0.15, -0.1) is 0 Å². The van der Waals surface area contributed by atoms with E-state index in [4.69, 9.17) is 5.73 Å². The maximum atomic E-state index is 5.87.